The second-order valence-electron chi connectivity index (χ2n) is 16.9. The van der Waals surface area contributed by atoms with E-state index in [-0.39, 0.29) is 17.8 Å². The number of epoxide rings is 2. The van der Waals surface area contributed by atoms with Gasteiger partial charge in [-0.25, -0.2) is 4.79 Å². The van der Waals surface area contributed by atoms with Crippen LogP contribution in [0.1, 0.15) is 68.7 Å². The lowest BCUT2D eigenvalue weighted by Gasteiger charge is -2.65. The molecule has 20 atom stereocenters. The lowest BCUT2D eigenvalue weighted by Crippen LogP contribution is -2.72. The lowest BCUT2D eigenvalue weighted by atomic mass is 9.39. The van der Waals surface area contributed by atoms with Crippen LogP contribution in [-0.4, -0.2) is 94.0 Å². The Morgan fingerprint density at radius 2 is 1.46 bits per heavy atom. The number of ketones is 1. The molecule has 0 aromatic heterocycles. The van der Waals surface area contributed by atoms with Crippen molar-refractivity contribution in [3.05, 3.63) is 0 Å². The SMILES string of the molecule is CC(=O)O[C@@H]1[C@H]2[C@H]3[C@H]([C@H](C)[C@H](O)[C@]2(C)[C@H]2[C@H](C)[C@H]4O[C@]45OC(=O)[C@@](C)(O)[C@]5(C)[C@H]12)[C@]1(C)[C@H](C[C@@H]2O[C@@H]2[C@@H]1OC(C)=O)C(=O)[C@@H]3OC(C)=O. The van der Waals surface area contributed by atoms with Crippen molar-refractivity contribution in [1.29, 1.82) is 0 Å². The maximum atomic E-state index is 14.8. The third kappa shape index (κ3) is 3.40. The van der Waals surface area contributed by atoms with Crippen molar-refractivity contribution < 1.29 is 62.6 Å². The van der Waals surface area contributed by atoms with Crippen molar-refractivity contribution in [3.63, 3.8) is 0 Å². The van der Waals surface area contributed by atoms with E-state index in [1.807, 2.05) is 27.7 Å². The van der Waals surface area contributed by atoms with Crippen LogP contribution in [0, 0.1) is 63.6 Å². The molecule has 13 heteroatoms. The lowest BCUT2D eigenvalue weighted by molar-refractivity contribution is -0.251. The number of hydrogen-bond acceptors (Lipinski definition) is 13. The fraction of sp³-hybridized carbons (Fsp3) is 0.857. The second-order valence-corrected chi connectivity index (χ2v) is 16.9. The van der Waals surface area contributed by atoms with E-state index < -0.39 is 130 Å². The highest BCUT2D eigenvalue weighted by molar-refractivity contribution is 5.90. The number of esters is 4. The molecule has 3 aliphatic heterocycles. The molecule has 0 bridgehead atoms. The topological polar surface area (TPSA) is 188 Å². The zero-order valence-corrected chi connectivity index (χ0v) is 28.8. The Balaban J connectivity index is 1.38. The number of aliphatic hydroxyl groups is 2. The van der Waals surface area contributed by atoms with Crippen LogP contribution in [0.4, 0.5) is 0 Å². The van der Waals surface area contributed by atoms with Crippen molar-refractivity contribution in [2.45, 2.75) is 123 Å². The summed E-state index contributed by atoms with van der Waals surface area (Å²) in [4.78, 5) is 66.6. The normalized spacial score (nSPS) is 59.6. The van der Waals surface area contributed by atoms with Crippen molar-refractivity contribution in [1.82, 2.24) is 0 Å². The molecule has 0 aromatic rings. The van der Waals surface area contributed by atoms with Crippen molar-refractivity contribution >= 4 is 29.7 Å². The van der Waals surface area contributed by atoms with E-state index in [1.54, 1.807) is 6.92 Å². The van der Waals surface area contributed by atoms with Gasteiger partial charge in [0.05, 0.1) is 17.6 Å². The predicted octanol–water partition coefficient (Wildman–Crippen LogP) is 1.33. The molecule has 48 heavy (non-hydrogen) atoms. The standard InChI is InChI=1S/C35H46O13/c1-11-19-18(25(43-13(3)36)23(39)16-10-17-24(46-17)29(31(16,19)6)45-15(5)38)21-26(44-14(4)37)22-20(32(21,7)27(11)40)12(2)28-35(47-28)33(22,8)34(9,42)30(41)48-35/h11-12,16-22,24-29,40,42H,10H2,1-9H3/t11-,12-,16+,17-,18+,19-,20-,21+,22-,24-,25+,26+,27-,28+,29-,31-,32+,33-,34+,35-/m0/s1. The molecule has 0 amide bonds. The number of fused-ring (bicyclic) bond motifs is 9. The summed E-state index contributed by atoms with van der Waals surface area (Å²) in [6.45, 7) is 14.6. The second kappa shape index (κ2) is 9.38. The van der Waals surface area contributed by atoms with Gasteiger partial charge in [0.2, 0.25) is 5.79 Å². The van der Waals surface area contributed by atoms with Gasteiger partial charge in [-0.3, -0.25) is 19.2 Å². The van der Waals surface area contributed by atoms with Gasteiger partial charge in [0, 0.05) is 55.3 Å². The monoisotopic (exact) mass is 674 g/mol. The van der Waals surface area contributed by atoms with E-state index in [0.717, 1.165) is 0 Å². The zero-order valence-electron chi connectivity index (χ0n) is 28.8. The molecule has 5 saturated carbocycles. The molecule has 3 saturated heterocycles. The minimum atomic E-state index is -2.06. The van der Waals surface area contributed by atoms with Crippen molar-refractivity contribution in [2.24, 2.45) is 63.6 Å². The Hall–Kier alpha value is -2.61. The molecule has 5 aliphatic carbocycles. The van der Waals surface area contributed by atoms with E-state index in [4.69, 9.17) is 28.4 Å². The van der Waals surface area contributed by atoms with Crippen LogP contribution in [-0.2, 0) is 52.4 Å². The summed E-state index contributed by atoms with van der Waals surface area (Å²) >= 11 is 0. The van der Waals surface area contributed by atoms with Gasteiger partial charge >= 0.3 is 23.9 Å². The summed E-state index contributed by atoms with van der Waals surface area (Å²) in [5.74, 6) is -9.49. The van der Waals surface area contributed by atoms with E-state index >= 15 is 0 Å². The minimum Gasteiger partial charge on any atom is -0.462 e. The maximum absolute atomic E-state index is 14.8. The average molecular weight is 675 g/mol. The van der Waals surface area contributed by atoms with Gasteiger partial charge in [-0.15, -0.1) is 0 Å². The molecule has 8 aliphatic rings. The molecular weight excluding hydrogens is 628 g/mol. The fourth-order valence-electron chi connectivity index (χ4n) is 13.4. The molecule has 0 unspecified atom stereocenters. The van der Waals surface area contributed by atoms with E-state index in [2.05, 4.69) is 0 Å². The Labute approximate surface area is 278 Å². The number of carbonyl (C=O) groups is 5. The third-order valence-electron chi connectivity index (χ3n) is 15.1. The molecule has 2 N–H and O–H groups in total. The summed E-state index contributed by atoms with van der Waals surface area (Å²) in [5, 5.41) is 24.7. The summed E-state index contributed by atoms with van der Waals surface area (Å²) in [6, 6.07) is 0. The molecular formula is C35H46O13. The van der Waals surface area contributed by atoms with Gasteiger partial charge in [0.25, 0.3) is 0 Å². The average Bonchev–Trinajstić information content (AvgIpc) is 3.88. The van der Waals surface area contributed by atoms with E-state index in [9.17, 15) is 34.2 Å². The van der Waals surface area contributed by atoms with Gasteiger partial charge < -0.3 is 38.6 Å². The van der Waals surface area contributed by atoms with Crippen molar-refractivity contribution in [3.8, 4) is 0 Å². The van der Waals surface area contributed by atoms with Crippen LogP contribution < -0.4 is 0 Å². The molecule has 1 spiro atoms. The fourth-order valence-corrected chi connectivity index (χ4v) is 13.4. The van der Waals surface area contributed by atoms with Gasteiger partial charge in [-0.1, -0.05) is 27.7 Å². The molecule has 8 rings (SSSR count). The molecule has 3 heterocycles. The Morgan fingerprint density at radius 3 is 2.06 bits per heavy atom. The first-order valence-electron chi connectivity index (χ1n) is 17.2. The predicted molar refractivity (Wildman–Crippen MR) is 159 cm³/mol. The summed E-state index contributed by atoms with van der Waals surface area (Å²) in [6.07, 6.45) is -5.17. The maximum Gasteiger partial charge on any atom is 0.341 e. The summed E-state index contributed by atoms with van der Waals surface area (Å²) < 4.78 is 36.3. The van der Waals surface area contributed by atoms with E-state index in [0.29, 0.717) is 6.42 Å². The van der Waals surface area contributed by atoms with Gasteiger partial charge in [0.15, 0.2) is 17.5 Å². The molecule has 0 aromatic carbocycles. The van der Waals surface area contributed by atoms with Gasteiger partial charge in [-0.2, -0.15) is 0 Å². The number of Topliss-reactive ketones (excluding diaryl/α,β-unsaturated/α-hetero) is 1. The summed E-state index contributed by atoms with van der Waals surface area (Å²) in [7, 11) is 0. The number of aliphatic hydroxyl groups excluding tert-OH is 1. The molecule has 8 fully saturated rings. The highest BCUT2D eigenvalue weighted by Crippen LogP contribution is 2.81. The van der Waals surface area contributed by atoms with E-state index in [1.165, 1.54) is 27.7 Å². The number of hydrogen-bond donors (Lipinski definition) is 2. The Kier molecular flexibility index (Phi) is 6.37. The van der Waals surface area contributed by atoms with Gasteiger partial charge in [0.1, 0.15) is 24.4 Å². The van der Waals surface area contributed by atoms with Crippen LogP contribution >= 0.6 is 0 Å². The highest BCUT2D eigenvalue weighted by Gasteiger charge is 2.93. The van der Waals surface area contributed by atoms with Crippen LogP contribution in [0.15, 0.2) is 0 Å². The smallest absolute Gasteiger partial charge is 0.341 e. The zero-order chi connectivity index (χ0) is 35.0. The molecule has 264 valence electrons. The number of carbonyl (C=O) groups excluding carboxylic acids is 5. The van der Waals surface area contributed by atoms with Crippen LogP contribution in [0.2, 0.25) is 0 Å². The van der Waals surface area contributed by atoms with Gasteiger partial charge in [-0.05, 0) is 43.9 Å². The first-order valence-corrected chi connectivity index (χ1v) is 17.2. The summed E-state index contributed by atoms with van der Waals surface area (Å²) in [5.41, 5.74) is -5.63. The van der Waals surface area contributed by atoms with Crippen LogP contribution in [0.5, 0.6) is 0 Å². The van der Waals surface area contributed by atoms with Crippen molar-refractivity contribution in [2.75, 3.05) is 0 Å². The molecule has 0 radical (unpaired) electrons. The minimum absolute atomic E-state index is 0.297. The number of rotatable bonds is 3. The van der Waals surface area contributed by atoms with Crippen LogP contribution in [0.3, 0.4) is 0 Å². The van der Waals surface area contributed by atoms with Crippen LogP contribution in [0.25, 0.3) is 0 Å². The largest absolute Gasteiger partial charge is 0.462 e. The Morgan fingerprint density at radius 1 is 0.833 bits per heavy atom. The quantitative estimate of drug-likeness (QED) is 0.248. The number of ether oxygens (including phenoxy) is 6. The first-order chi connectivity index (χ1) is 22.2. The highest BCUT2D eigenvalue weighted by atomic mass is 16.8. The first kappa shape index (κ1) is 32.6. The Bertz CT molecular complexity index is 1540. The molecule has 13 nitrogen and oxygen atoms in total. The third-order valence-corrected chi connectivity index (χ3v) is 15.1.